The van der Waals surface area contributed by atoms with Crippen LogP contribution in [0.3, 0.4) is 0 Å². The topological polar surface area (TPSA) is 70.6 Å². The van der Waals surface area contributed by atoms with Crippen molar-refractivity contribution in [1.29, 1.82) is 0 Å². The molecule has 2 heterocycles. The monoisotopic (exact) mass is 387 g/mol. The van der Waals surface area contributed by atoms with Crippen LogP contribution < -0.4 is 4.31 Å². The SMILES string of the molecule is C[C@@H]1C[C@@H](C)CN(C(=O)c2cc(N(C)S(=O)(=O)c3ccccc3)ccn2)C1. The van der Waals surface area contributed by atoms with Crippen LogP contribution in [0.15, 0.2) is 53.6 Å². The highest BCUT2D eigenvalue weighted by atomic mass is 32.2. The molecule has 1 amide bonds. The normalized spacial score (nSPS) is 20.3. The van der Waals surface area contributed by atoms with Crippen molar-refractivity contribution in [3.63, 3.8) is 0 Å². The van der Waals surface area contributed by atoms with Crippen molar-refractivity contribution >= 4 is 21.6 Å². The number of hydrogen-bond acceptors (Lipinski definition) is 4. The van der Waals surface area contributed by atoms with Gasteiger partial charge in [-0.1, -0.05) is 32.0 Å². The van der Waals surface area contributed by atoms with E-state index in [9.17, 15) is 13.2 Å². The maximum absolute atomic E-state index is 12.9. The first-order chi connectivity index (χ1) is 12.8. The number of pyridine rings is 1. The number of amides is 1. The third-order valence-electron chi connectivity index (χ3n) is 4.88. The molecule has 1 aromatic carbocycles. The van der Waals surface area contributed by atoms with Gasteiger partial charge in [0.1, 0.15) is 5.69 Å². The molecule has 1 aromatic heterocycles. The Balaban J connectivity index is 1.86. The molecule has 2 atom stereocenters. The molecule has 6 nitrogen and oxygen atoms in total. The molecule has 1 aliphatic rings. The van der Waals surface area contributed by atoms with Crippen LogP contribution >= 0.6 is 0 Å². The predicted octanol–water partition coefficient (Wildman–Crippen LogP) is 3.02. The molecule has 0 unspecified atom stereocenters. The van der Waals surface area contributed by atoms with E-state index in [1.165, 1.54) is 17.5 Å². The van der Waals surface area contributed by atoms with Crippen molar-refractivity contribution in [3.8, 4) is 0 Å². The minimum atomic E-state index is -3.70. The summed E-state index contributed by atoms with van der Waals surface area (Å²) < 4.78 is 26.8. The minimum Gasteiger partial charge on any atom is -0.337 e. The number of carbonyl (C=O) groups excluding carboxylic acids is 1. The number of nitrogens with zero attached hydrogens (tertiary/aromatic N) is 3. The van der Waals surface area contributed by atoms with Crippen molar-refractivity contribution in [1.82, 2.24) is 9.88 Å². The third kappa shape index (κ3) is 4.13. The van der Waals surface area contributed by atoms with Crippen molar-refractivity contribution in [2.24, 2.45) is 11.8 Å². The highest BCUT2D eigenvalue weighted by Crippen LogP contribution is 2.25. The van der Waals surface area contributed by atoms with E-state index in [0.717, 1.165) is 6.42 Å². The maximum Gasteiger partial charge on any atom is 0.272 e. The first-order valence-corrected chi connectivity index (χ1v) is 10.5. The zero-order chi connectivity index (χ0) is 19.6. The molecular formula is C20H25N3O3S. The molecule has 27 heavy (non-hydrogen) atoms. The predicted molar refractivity (Wildman–Crippen MR) is 105 cm³/mol. The Bertz CT molecular complexity index is 905. The van der Waals surface area contributed by atoms with E-state index in [4.69, 9.17) is 0 Å². The molecule has 1 saturated heterocycles. The average Bonchev–Trinajstić information content (AvgIpc) is 2.66. The van der Waals surface area contributed by atoms with Crippen molar-refractivity contribution in [3.05, 3.63) is 54.4 Å². The average molecular weight is 388 g/mol. The van der Waals surface area contributed by atoms with E-state index >= 15 is 0 Å². The van der Waals surface area contributed by atoms with Crippen LogP contribution in [-0.2, 0) is 10.0 Å². The molecule has 144 valence electrons. The summed E-state index contributed by atoms with van der Waals surface area (Å²) in [7, 11) is -2.21. The lowest BCUT2D eigenvalue weighted by Crippen LogP contribution is -2.42. The number of anilines is 1. The third-order valence-corrected chi connectivity index (χ3v) is 6.68. The number of likely N-dealkylation sites (tertiary alicyclic amines) is 1. The number of benzene rings is 1. The molecule has 0 saturated carbocycles. The number of sulfonamides is 1. The fraction of sp³-hybridized carbons (Fsp3) is 0.400. The van der Waals surface area contributed by atoms with Gasteiger partial charge < -0.3 is 4.90 Å². The maximum atomic E-state index is 12.9. The Kier molecular flexibility index (Phi) is 5.51. The Hall–Kier alpha value is -2.41. The lowest BCUT2D eigenvalue weighted by molar-refractivity contribution is 0.0617. The molecule has 1 fully saturated rings. The quantitative estimate of drug-likeness (QED) is 0.809. The summed E-state index contributed by atoms with van der Waals surface area (Å²) in [6.07, 6.45) is 2.59. The lowest BCUT2D eigenvalue weighted by atomic mass is 9.92. The van der Waals surface area contributed by atoms with Gasteiger partial charge in [-0.2, -0.15) is 0 Å². The molecular weight excluding hydrogens is 362 g/mol. The Morgan fingerprint density at radius 1 is 1.11 bits per heavy atom. The molecule has 0 radical (unpaired) electrons. The second-order valence-electron chi connectivity index (χ2n) is 7.34. The summed E-state index contributed by atoms with van der Waals surface area (Å²) in [6, 6.07) is 11.4. The van der Waals surface area contributed by atoms with Crippen molar-refractivity contribution in [2.45, 2.75) is 25.2 Å². The van der Waals surface area contributed by atoms with Gasteiger partial charge in [0, 0.05) is 26.3 Å². The van der Waals surface area contributed by atoms with Gasteiger partial charge in [-0.3, -0.25) is 14.1 Å². The van der Waals surface area contributed by atoms with Gasteiger partial charge in [-0.05, 0) is 42.5 Å². The number of piperidine rings is 1. The highest BCUT2D eigenvalue weighted by molar-refractivity contribution is 7.92. The van der Waals surface area contributed by atoms with Gasteiger partial charge in [0.05, 0.1) is 10.6 Å². The summed E-state index contributed by atoms with van der Waals surface area (Å²) in [4.78, 5) is 19.1. The first kappa shape index (κ1) is 19.4. The second kappa shape index (κ2) is 7.68. The molecule has 1 aliphatic heterocycles. The van der Waals surface area contributed by atoms with E-state index in [-0.39, 0.29) is 16.5 Å². The first-order valence-electron chi connectivity index (χ1n) is 9.08. The fourth-order valence-corrected chi connectivity index (χ4v) is 4.82. The van der Waals surface area contributed by atoms with Crippen LogP contribution in [0.4, 0.5) is 5.69 Å². The summed E-state index contributed by atoms with van der Waals surface area (Å²) in [6.45, 7) is 5.68. The van der Waals surface area contributed by atoms with Gasteiger partial charge in [-0.15, -0.1) is 0 Å². The molecule has 0 aliphatic carbocycles. The second-order valence-corrected chi connectivity index (χ2v) is 9.31. The fourth-order valence-electron chi connectivity index (χ4n) is 3.61. The standard InChI is InChI=1S/C20H25N3O3S/c1-15-11-16(2)14-23(13-15)20(24)19-12-17(9-10-21-19)22(3)27(25,26)18-7-5-4-6-8-18/h4-10,12,15-16H,11,13-14H2,1-3H3/t15-,16-/m1/s1. The zero-order valence-electron chi connectivity index (χ0n) is 15.9. The Labute approximate surface area is 160 Å². The highest BCUT2D eigenvalue weighted by Gasteiger charge is 2.28. The van der Waals surface area contributed by atoms with E-state index in [0.29, 0.717) is 30.6 Å². The van der Waals surface area contributed by atoms with Crippen LogP contribution in [-0.4, -0.2) is 44.3 Å². The van der Waals surface area contributed by atoms with E-state index < -0.39 is 10.0 Å². The van der Waals surface area contributed by atoms with Crippen LogP contribution in [0.2, 0.25) is 0 Å². The molecule has 0 bridgehead atoms. The van der Waals surface area contributed by atoms with E-state index in [2.05, 4.69) is 18.8 Å². The molecule has 3 rings (SSSR count). The van der Waals surface area contributed by atoms with Gasteiger partial charge in [0.2, 0.25) is 0 Å². The Morgan fingerprint density at radius 3 is 2.37 bits per heavy atom. The number of aromatic nitrogens is 1. The summed E-state index contributed by atoms with van der Waals surface area (Å²) in [5.41, 5.74) is 0.680. The van der Waals surface area contributed by atoms with Crippen LogP contribution in [0, 0.1) is 11.8 Å². The van der Waals surface area contributed by atoms with Crippen LogP contribution in [0.1, 0.15) is 30.8 Å². The van der Waals surface area contributed by atoms with E-state index in [1.54, 1.807) is 42.5 Å². The summed E-state index contributed by atoms with van der Waals surface area (Å²) in [5.74, 6) is 0.741. The number of rotatable bonds is 4. The zero-order valence-corrected chi connectivity index (χ0v) is 16.7. The number of hydrogen-bond donors (Lipinski definition) is 0. The van der Waals surface area contributed by atoms with E-state index in [1.807, 2.05) is 4.90 Å². The van der Waals surface area contributed by atoms with Gasteiger partial charge in [0.15, 0.2) is 0 Å². The summed E-state index contributed by atoms with van der Waals surface area (Å²) in [5, 5.41) is 0. The minimum absolute atomic E-state index is 0.152. The smallest absolute Gasteiger partial charge is 0.272 e. The molecule has 2 aromatic rings. The molecule has 0 N–H and O–H groups in total. The lowest BCUT2D eigenvalue weighted by Gasteiger charge is -2.34. The largest absolute Gasteiger partial charge is 0.337 e. The van der Waals surface area contributed by atoms with Crippen LogP contribution in [0.5, 0.6) is 0 Å². The molecule has 0 spiro atoms. The number of carbonyl (C=O) groups is 1. The Morgan fingerprint density at radius 2 is 1.74 bits per heavy atom. The van der Waals surface area contributed by atoms with Gasteiger partial charge in [0.25, 0.3) is 15.9 Å². The van der Waals surface area contributed by atoms with Crippen molar-refractivity contribution in [2.75, 3.05) is 24.4 Å². The van der Waals surface area contributed by atoms with Gasteiger partial charge >= 0.3 is 0 Å². The van der Waals surface area contributed by atoms with Crippen LogP contribution in [0.25, 0.3) is 0 Å². The van der Waals surface area contributed by atoms with Gasteiger partial charge in [-0.25, -0.2) is 8.42 Å². The molecule has 7 heteroatoms. The van der Waals surface area contributed by atoms with Crippen molar-refractivity contribution < 1.29 is 13.2 Å². The summed E-state index contributed by atoms with van der Waals surface area (Å²) >= 11 is 0.